The number of aromatic amines is 1. The molecule has 1 aliphatic rings. The molecule has 3 aromatic rings. The first-order chi connectivity index (χ1) is 13.9. The predicted octanol–water partition coefficient (Wildman–Crippen LogP) is 3.06. The average molecular weight is 394 g/mol. The lowest BCUT2D eigenvalue weighted by atomic mass is 9.84. The third-order valence-electron chi connectivity index (χ3n) is 5.68. The van der Waals surface area contributed by atoms with Crippen LogP contribution < -0.4 is 5.32 Å². The van der Waals surface area contributed by atoms with Crippen molar-refractivity contribution in [3.05, 3.63) is 24.3 Å². The number of hydrogen-bond acceptors (Lipinski definition) is 5. The summed E-state index contributed by atoms with van der Waals surface area (Å²) in [5, 5.41) is 22.7. The van der Waals surface area contributed by atoms with E-state index in [1.165, 1.54) is 0 Å². The average Bonchev–Trinajstić information content (AvgIpc) is 3.30. The van der Waals surface area contributed by atoms with Gasteiger partial charge in [-0.3, -0.25) is 4.79 Å². The summed E-state index contributed by atoms with van der Waals surface area (Å²) in [4.78, 5) is 25.1. The van der Waals surface area contributed by atoms with Gasteiger partial charge in [0, 0.05) is 30.6 Å². The number of carbonyl (C=O) groups excluding carboxylic acids is 1. The Labute approximate surface area is 168 Å². The van der Waals surface area contributed by atoms with Crippen molar-refractivity contribution in [1.82, 2.24) is 24.8 Å². The van der Waals surface area contributed by atoms with Gasteiger partial charge in [-0.1, -0.05) is 0 Å². The monoisotopic (exact) mass is 394 g/mol. The highest BCUT2D eigenvalue weighted by atomic mass is 16.3. The van der Waals surface area contributed by atoms with E-state index < -0.39 is 5.60 Å². The summed E-state index contributed by atoms with van der Waals surface area (Å²) < 4.78 is 2.05. The number of rotatable bonds is 5. The molecule has 4 rings (SSSR count). The molecule has 0 aliphatic heterocycles. The molecular weight excluding hydrogens is 368 g/mol. The zero-order valence-corrected chi connectivity index (χ0v) is 16.8. The van der Waals surface area contributed by atoms with E-state index in [9.17, 15) is 9.90 Å². The topological polar surface area (TPSA) is 120 Å². The van der Waals surface area contributed by atoms with E-state index in [-0.39, 0.29) is 18.5 Å². The summed E-state index contributed by atoms with van der Waals surface area (Å²) in [6.45, 7) is 3.45. The number of nitriles is 1. The number of hydrogen-bond donors (Lipinski definition) is 3. The van der Waals surface area contributed by atoms with Crippen molar-refractivity contribution in [2.45, 2.75) is 57.6 Å². The molecule has 152 valence electrons. The Balaban J connectivity index is 1.76. The summed E-state index contributed by atoms with van der Waals surface area (Å²) in [5.74, 6) is 0.474. The van der Waals surface area contributed by atoms with Crippen LogP contribution in [0.25, 0.3) is 22.1 Å². The van der Waals surface area contributed by atoms with E-state index in [0.717, 1.165) is 42.2 Å². The van der Waals surface area contributed by atoms with Gasteiger partial charge in [0.25, 0.3) is 5.91 Å². The van der Waals surface area contributed by atoms with Gasteiger partial charge in [0.15, 0.2) is 5.82 Å². The highest BCUT2D eigenvalue weighted by Gasteiger charge is 2.29. The van der Waals surface area contributed by atoms with Gasteiger partial charge in [0.05, 0.1) is 23.4 Å². The first kappa shape index (κ1) is 19.4. The van der Waals surface area contributed by atoms with Gasteiger partial charge in [-0.15, -0.1) is 0 Å². The Kier molecular flexibility index (Phi) is 5.01. The number of nitrogens with zero attached hydrogens (tertiary/aromatic N) is 4. The second-order valence-electron chi connectivity index (χ2n) is 8.57. The van der Waals surface area contributed by atoms with Crippen LogP contribution in [0.4, 0.5) is 0 Å². The van der Waals surface area contributed by atoms with E-state index in [1.54, 1.807) is 20.0 Å². The van der Waals surface area contributed by atoms with E-state index in [0.29, 0.717) is 23.7 Å². The number of pyridine rings is 1. The van der Waals surface area contributed by atoms with Gasteiger partial charge in [0.2, 0.25) is 0 Å². The Hall–Kier alpha value is -2.92. The molecule has 1 fully saturated rings. The molecule has 3 heterocycles. The number of aromatic nitrogens is 4. The first-order valence-electron chi connectivity index (χ1n) is 10.1. The molecule has 0 atom stereocenters. The highest BCUT2D eigenvalue weighted by molar-refractivity contribution is 6.04. The largest absolute Gasteiger partial charge is 0.389 e. The quantitative estimate of drug-likeness (QED) is 0.614. The Morgan fingerprint density at radius 2 is 2.17 bits per heavy atom. The number of amides is 1. The Bertz CT molecular complexity index is 1080. The van der Waals surface area contributed by atoms with Crippen molar-refractivity contribution in [2.24, 2.45) is 5.92 Å². The second kappa shape index (κ2) is 7.48. The van der Waals surface area contributed by atoms with Crippen molar-refractivity contribution in [3.8, 4) is 6.07 Å². The molecule has 0 unspecified atom stereocenters. The molecule has 8 heteroatoms. The van der Waals surface area contributed by atoms with E-state index in [1.807, 2.05) is 12.3 Å². The van der Waals surface area contributed by atoms with Gasteiger partial charge in [-0.05, 0) is 51.5 Å². The lowest BCUT2D eigenvalue weighted by molar-refractivity contribution is 0.0685. The van der Waals surface area contributed by atoms with Crippen LogP contribution in [0.5, 0.6) is 0 Å². The predicted molar refractivity (Wildman–Crippen MR) is 109 cm³/mol. The zero-order chi connectivity index (χ0) is 20.6. The lowest BCUT2D eigenvalue weighted by Crippen LogP contribution is -2.39. The third kappa shape index (κ3) is 3.83. The molecule has 8 nitrogen and oxygen atoms in total. The summed E-state index contributed by atoms with van der Waals surface area (Å²) in [7, 11) is 0. The maximum atomic E-state index is 13.0. The summed E-state index contributed by atoms with van der Waals surface area (Å²) in [6, 6.07) is 4.38. The molecule has 0 radical (unpaired) electrons. The van der Waals surface area contributed by atoms with E-state index >= 15 is 0 Å². The van der Waals surface area contributed by atoms with Crippen LogP contribution in [-0.2, 0) is 0 Å². The smallest absolute Gasteiger partial charge is 0.287 e. The van der Waals surface area contributed by atoms with Gasteiger partial charge in [0.1, 0.15) is 11.2 Å². The number of carbonyl (C=O) groups is 1. The number of nitrogens with one attached hydrogen (secondary N) is 2. The molecular formula is C21H26N6O2. The lowest BCUT2D eigenvalue weighted by Gasteiger charge is -2.29. The Morgan fingerprint density at radius 3 is 2.86 bits per heavy atom. The third-order valence-corrected chi connectivity index (χ3v) is 5.68. The van der Waals surface area contributed by atoms with Crippen molar-refractivity contribution >= 4 is 28.0 Å². The van der Waals surface area contributed by atoms with E-state index in [4.69, 9.17) is 5.26 Å². The number of H-pyrrole nitrogens is 1. The van der Waals surface area contributed by atoms with Gasteiger partial charge < -0.3 is 20.0 Å². The van der Waals surface area contributed by atoms with Crippen LogP contribution in [0, 0.1) is 17.2 Å². The van der Waals surface area contributed by atoms with Crippen LogP contribution in [0.15, 0.2) is 18.5 Å². The second-order valence-corrected chi connectivity index (χ2v) is 8.57. The van der Waals surface area contributed by atoms with Crippen molar-refractivity contribution in [2.75, 3.05) is 6.54 Å². The fourth-order valence-electron chi connectivity index (χ4n) is 4.22. The molecule has 3 aromatic heterocycles. The molecule has 1 amide bonds. The van der Waals surface area contributed by atoms with Gasteiger partial charge in [-0.2, -0.15) is 5.26 Å². The molecule has 3 N–H and O–H groups in total. The fourth-order valence-corrected chi connectivity index (χ4v) is 4.22. The fraction of sp³-hybridized carbons (Fsp3) is 0.524. The number of fused-ring (bicyclic) bond motifs is 3. The van der Waals surface area contributed by atoms with Crippen molar-refractivity contribution < 1.29 is 9.90 Å². The molecule has 0 saturated heterocycles. The number of aliphatic hydroxyl groups is 1. The van der Waals surface area contributed by atoms with Crippen LogP contribution in [0.1, 0.15) is 62.6 Å². The summed E-state index contributed by atoms with van der Waals surface area (Å²) in [5.41, 5.74) is 1.36. The minimum Gasteiger partial charge on any atom is -0.389 e. The zero-order valence-electron chi connectivity index (χ0n) is 16.8. The van der Waals surface area contributed by atoms with Crippen LogP contribution in [0.2, 0.25) is 0 Å². The summed E-state index contributed by atoms with van der Waals surface area (Å²) in [6.07, 6.45) is 7.84. The maximum absolute atomic E-state index is 13.0. The summed E-state index contributed by atoms with van der Waals surface area (Å²) >= 11 is 0. The standard InChI is InChI=1S/C21H26N6O2/c1-21(2,29)12-25-20(28)19-26-16-11-24-18-15(8-10-23-18)17(16)27(19)14-5-3-13(4-6-14)7-9-22/h8,10-11,13-14,29H,3-7,12H2,1-2H3,(H,23,24)(H,25,28)/t13-,14-. The number of imidazole rings is 1. The molecule has 0 bridgehead atoms. The molecule has 1 saturated carbocycles. The van der Waals surface area contributed by atoms with Gasteiger partial charge in [-0.25, -0.2) is 9.97 Å². The van der Waals surface area contributed by atoms with Crippen LogP contribution >= 0.6 is 0 Å². The van der Waals surface area contributed by atoms with Crippen LogP contribution in [0.3, 0.4) is 0 Å². The van der Waals surface area contributed by atoms with Crippen molar-refractivity contribution in [3.63, 3.8) is 0 Å². The first-order valence-corrected chi connectivity index (χ1v) is 10.1. The SMILES string of the molecule is CC(C)(O)CNC(=O)c1nc2cnc3[nH]ccc3c2n1[C@H]1CC[C@H](CC#N)CC1. The minimum absolute atomic E-state index is 0.137. The minimum atomic E-state index is -1.00. The van der Waals surface area contributed by atoms with Crippen LogP contribution in [-0.4, -0.2) is 42.7 Å². The molecule has 0 aromatic carbocycles. The Morgan fingerprint density at radius 1 is 1.41 bits per heavy atom. The molecule has 1 aliphatic carbocycles. The molecule has 29 heavy (non-hydrogen) atoms. The normalized spacial score (nSPS) is 20.1. The maximum Gasteiger partial charge on any atom is 0.287 e. The van der Waals surface area contributed by atoms with E-state index in [2.05, 4.69) is 30.9 Å². The molecule has 0 spiro atoms. The highest BCUT2D eigenvalue weighted by Crippen LogP contribution is 2.37. The van der Waals surface area contributed by atoms with Gasteiger partial charge >= 0.3 is 0 Å². The van der Waals surface area contributed by atoms with Crippen molar-refractivity contribution in [1.29, 1.82) is 5.26 Å².